The summed E-state index contributed by atoms with van der Waals surface area (Å²) in [5.74, 6) is 0. The van der Waals surface area contributed by atoms with Crippen LogP contribution in [0.3, 0.4) is 0 Å². The number of hydrogen-bond acceptors (Lipinski definition) is 9. The molecule has 0 bridgehead atoms. The quantitative estimate of drug-likeness (QED) is 0.0600. The Balaban J connectivity index is 5.36. The van der Waals surface area contributed by atoms with Crippen LogP contribution in [0.1, 0.15) is 25.7 Å². The maximum atomic E-state index is 11.3. The van der Waals surface area contributed by atoms with Crippen molar-refractivity contribution in [1.82, 2.24) is 0 Å². The van der Waals surface area contributed by atoms with Gasteiger partial charge in [0.05, 0.1) is 123 Å². The molecule has 0 saturated heterocycles. The van der Waals surface area contributed by atoms with E-state index < -0.39 is 24.4 Å². The predicted octanol–water partition coefficient (Wildman–Crippen LogP) is -1.68. The van der Waals surface area contributed by atoms with Gasteiger partial charge in [-0.2, -0.15) is 0 Å². The molecule has 0 saturated carbocycles. The van der Waals surface area contributed by atoms with Crippen molar-refractivity contribution in [3.63, 3.8) is 0 Å². The molecule has 0 aromatic carbocycles. The lowest BCUT2D eigenvalue weighted by atomic mass is 9.98. The normalized spacial score (nSPS) is 19.1. The molecule has 0 aliphatic carbocycles. The summed E-state index contributed by atoms with van der Waals surface area (Å²) in [5, 5.41) is 62.7. The summed E-state index contributed by atoms with van der Waals surface area (Å²) in [5.41, 5.74) is 0. The van der Waals surface area contributed by atoms with Crippen LogP contribution < -0.4 is 0 Å². The molecule has 0 radical (unpaired) electrons. The standard InChI is InChI=1S/C32H74N4O9/c1-33(2,3)19-25(39)21-44-27(13-15-37)17-29(35(7,8)9)31(41)23-43-24-32(42)30(36(10,11)12)18-28(14-16-38)45-22-26(40)20-34(4,5)6/h25-32,37-42H,13-24H2,1-12H3/q+4. The topological polar surface area (TPSA) is 149 Å². The third kappa shape index (κ3) is 21.1. The van der Waals surface area contributed by atoms with Gasteiger partial charge in [-0.25, -0.2) is 0 Å². The van der Waals surface area contributed by atoms with Crippen molar-refractivity contribution < 1.29 is 62.8 Å². The summed E-state index contributed by atoms with van der Waals surface area (Å²) in [7, 11) is 23.9. The van der Waals surface area contributed by atoms with Gasteiger partial charge in [0.2, 0.25) is 0 Å². The Morgan fingerprint density at radius 2 is 0.800 bits per heavy atom. The van der Waals surface area contributed by atoms with Crippen LogP contribution in [0.25, 0.3) is 0 Å². The van der Waals surface area contributed by atoms with Crippen LogP contribution in [0.4, 0.5) is 0 Å². The molecule has 0 spiro atoms. The molecule has 13 nitrogen and oxygen atoms in total. The van der Waals surface area contributed by atoms with Gasteiger partial charge < -0.3 is 62.8 Å². The zero-order valence-electron chi connectivity index (χ0n) is 30.8. The van der Waals surface area contributed by atoms with Crippen molar-refractivity contribution in [1.29, 1.82) is 0 Å². The molecule has 8 atom stereocenters. The maximum absolute atomic E-state index is 11.3. The number of likely N-dealkylation sites (N-methyl/N-ethyl adjacent to an activating group) is 4. The first kappa shape index (κ1) is 44.5. The number of nitrogens with zero attached hydrogens (tertiary/aromatic N) is 4. The number of ether oxygens (including phenoxy) is 3. The zero-order chi connectivity index (χ0) is 35.2. The summed E-state index contributed by atoms with van der Waals surface area (Å²) >= 11 is 0. The summed E-state index contributed by atoms with van der Waals surface area (Å²) in [6, 6.07) is -0.576. The number of hydrogen-bond donors (Lipinski definition) is 6. The van der Waals surface area contributed by atoms with E-state index in [0.29, 0.717) is 56.7 Å². The summed E-state index contributed by atoms with van der Waals surface area (Å²) in [6.07, 6.45) is -2.06. The SMILES string of the molecule is C[N+](C)(C)CC(O)COC(CCO)CC(C(O)COCC(O)C(CC(CCO)OCC(O)C[N+](C)(C)C)[N+](C)(C)C)[N+](C)(C)C. The lowest BCUT2D eigenvalue weighted by Gasteiger charge is -2.40. The fraction of sp³-hybridized carbons (Fsp3) is 1.00. The number of rotatable bonds is 26. The first-order valence-electron chi connectivity index (χ1n) is 16.4. The fourth-order valence-electron chi connectivity index (χ4n) is 5.74. The molecule has 0 aliphatic heterocycles. The number of aliphatic hydroxyl groups excluding tert-OH is 6. The van der Waals surface area contributed by atoms with Crippen molar-refractivity contribution in [3.05, 3.63) is 0 Å². The first-order valence-corrected chi connectivity index (χ1v) is 16.4. The van der Waals surface area contributed by atoms with E-state index in [1.165, 1.54) is 0 Å². The molecule has 0 aromatic rings. The third-order valence-corrected chi connectivity index (χ3v) is 7.93. The fourth-order valence-corrected chi connectivity index (χ4v) is 5.74. The molecule has 0 rings (SSSR count). The lowest BCUT2D eigenvalue weighted by molar-refractivity contribution is -0.901. The van der Waals surface area contributed by atoms with Crippen LogP contribution in [-0.2, 0) is 14.2 Å². The highest BCUT2D eigenvalue weighted by Gasteiger charge is 2.37. The van der Waals surface area contributed by atoms with E-state index in [1.807, 2.05) is 84.6 Å². The van der Waals surface area contributed by atoms with Crippen LogP contribution in [0.15, 0.2) is 0 Å². The summed E-state index contributed by atoms with van der Waals surface area (Å²) < 4.78 is 20.0. The van der Waals surface area contributed by atoms with Crippen LogP contribution in [0, 0.1) is 0 Å². The lowest BCUT2D eigenvalue weighted by Crippen LogP contribution is -2.56. The van der Waals surface area contributed by atoms with Gasteiger partial charge in [-0.15, -0.1) is 0 Å². The second-order valence-corrected chi connectivity index (χ2v) is 16.7. The Morgan fingerprint density at radius 1 is 0.489 bits per heavy atom. The van der Waals surface area contributed by atoms with E-state index in [2.05, 4.69) is 0 Å². The highest BCUT2D eigenvalue weighted by Crippen LogP contribution is 2.21. The van der Waals surface area contributed by atoms with Crippen molar-refractivity contribution in [2.45, 2.75) is 74.4 Å². The molecule has 0 fully saturated rings. The van der Waals surface area contributed by atoms with Crippen LogP contribution in [-0.4, -0.2) is 235 Å². The third-order valence-electron chi connectivity index (χ3n) is 7.93. The Bertz CT molecular complexity index is 704. The van der Waals surface area contributed by atoms with Gasteiger partial charge in [-0.05, 0) is 12.8 Å². The monoisotopic (exact) mass is 659 g/mol. The van der Waals surface area contributed by atoms with Gasteiger partial charge in [0, 0.05) is 26.1 Å². The van der Waals surface area contributed by atoms with Gasteiger partial charge in [0.25, 0.3) is 0 Å². The number of aliphatic hydroxyl groups is 6. The largest absolute Gasteiger partial charge is 0.396 e. The second kappa shape index (κ2) is 20.1. The van der Waals surface area contributed by atoms with Crippen molar-refractivity contribution in [2.75, 3.05) is 137 Å². The van der Waals surface area contributed by atoms with E-state index in [9.17, 15) is 30.6 Å². The Morgan fingerprint density at radius 3 is 1.04 bits per heavy atom. The van der Waals surface area contributed by atoms with E-state index >= 15 is 0 Å². The van der Waals surface area contributed by atoms with Gasteiger partial charge in [-0.3, -0.25) is 0 Å². The molecular formula is C32H74N4O9+4. The molecule has 0 amide bonds. The average molecular weight is 659 g/mol. The average Bonchev–Trinajstić information content (AvgIpc) is 2.83. The molecule has 0 aromatic heterocycles. The highest BCUT2D eigenvalue weighted by molar-refractivity contribution is 4.77. The maximum Gasteiger partial charge on any atom is 0.129 e. The molecular weight excluding hydrogens is 584 g/mol. The van der Waals surface area contributed by atoms with E-state index in [1.54, 1.807) is 0 Å². The smallest absolute Gasteiger partial charge is 0.129 e. The van der Waals surface area contributed by atoms with Crippen molar-refractivity contribution in [2.24, 2.45) is 0 Å². The Hall–Kier alpha value is -0.520. The zero-order valence-corrected chi connectivity index (χ0v) is 30.8. The minimum Gasteiger partial charge on any atom is -0.396 e. The molecule has 8 unspecified atom stereocenters. The van der Waals surface area contributed by atoms with Crippen LogP contribution in [0.5, 0.6) is 0 Å². The first-order chi connectivity index (χ1) is 20.4. The Kier molecular flexibility index (Phi) is 19.9. The number of quaternary nitrogens is 4. The van der Waals surface area contributed by atoms with Crippen molar-refractivity contribution in [3.8, 4) is 0 Å². The van der Waals surface area contributed by atoms with Gasteiger partial charge in [0.15, 0.2) is 0 Å². The summed E-state index contributed by atoms with van der Waals surface area (Å²) in [4.78, 5) is 0. The van der Waals surface area contributed by atoms with E-state index in [4.69, 9.17) is 14.2 Å². The van der Waals surface area contributed by atoms with Gasteiger partial charge >= 0.3 is 0 Å². The van der Waals surface area contributed by atoms with E-state index in [-0.39, 0.29) is 63.9 Å². The molecule has 0 aliphatic rings. The minimum absolute atomic E-state index is 0.00486. The summed E-state index contributed by atoms with van der Waals surface area (Å²) in [6.45, 7) is 1.22. The molecule has 13 heteroatoms. The molecule has 45 heavy (non-hydrogen) atoms. The second-order valence-electron chi connectivity index (χ2n) is 16.7. The molecule has 0 heterocycles. The van der Waals surface area contributed by atoms with Crippen molar-refractivity contribution >= 4 is 0 Å². The van der Waals surface area contributed by atoms with Crippen LogP contribution >= 0.6 is 0 Å². The van der Waals surface area contributed by atoms with Gasteiger partial charge in [-0.1, -0.05) is 0 Å². The van der Waals surface area contributed by atoms with Gasteiger partial charge in [0.1, 0.15) is 49.6 Å². The highest BCUT2D eigenvalue weighted by atomic mass is 16.5. The molecule has 272 valence electrons. The minimum atomic E-state index is -0.867. The molecule has 6 N–H and O–H groups in total. The van der Waals surface area contributed by atoms with Crippen LogP contribution in [0.2, 0.25) is 0 Å². The Labute approximate surface area is 274 Å². The van der Waals surface area contributed by atoms with E-state index in [0.717, 1.165) is 0 Å². The predicted molar refractivity (Wildman–Crippen MR) is 176 cm³/mol.